The van der Waals surface area contributed by atoms with E-state index in [0.29, 0.717) is 19.4 Å². The Morgan fingerprint density at radius 2 is 0.529 bits per heavy atom. The number of rotatable bonds is 77. The Kier molecular flexibility index (Phi) is 75.8. The zero-order valence-corrected chi connectivity index (χ0v) is 59.5. The van der Waals surface area contributed by atoms with E-state index in [9.17, 15) is 19.8 Å². The first kappa shape index (κ1) is 85.6. The number of ether oxygens (including phenoxy) is 1. The first-order valence-electron chi connectivity index (χ1n) is 40.5. The number of unbranched alkanes of at least 4 members (excludes halogenated alkanes) is 66. The van der Waals surface area contributed by atoms with Crippen molar-refractivity contribution in [1.29, 1.82) is 0 Å². The molecule has 0 aliphatic carbocycles. The molecule has 0 bridgehead atoms. The highest BCUT2D eigenvalue weighted by Gasteiger charge is 2.18. The summed E-state index contributed by atoms with van der Waals surface area (Å²) in [7, 11) is 0. The molecule has 0 aliphatic rings. The van der Waals surface area contributed by atoms with Gasteiger partial charge in [-0.1, -0.05) is 437 Å². The van der Waals surface area contributed by atoms with Crippen molar-refractivity contribution in [1.82, 2.24) is 5.32 Å². The van der Waals surface area contributed by atoms with E-state index in [1.54, 1.807) is 6.08 Å². The maximum Gasteiger partial charge on any atom is 0.305 e. The lowest BCUT2D eigenvalue weighted by atomic mass is 10.0. The van der Waals surface area contributed by atoms with Crippen molar-refractivity contribution in [2.24, 2.45) is 0 Å². The molecule has 0 saturated carbocycles. The zero-order valence-electron chi connectivity index (χ0n) is 59.5. The van der Waals surface area contributed by atoms with Crippen LogP contribution < -0.4 is 5.32 Å². The van der Waals surface area contributed by atoms with Gasteiger partial charge in [-0.15, -0.1) is 0 Å². The molecule has 0 fully saturated rings. The van der Waals surface area contributed by atoms with Gasteiger partial charge in [-0.2, -0.15) is 0 Å². The second-order valence-corrected chi connectivity index (χ2v) is 28.1. The summed E-state index contributed by atoms with van der Waals surface area (Å²) in [6.45, 7) is 4.96. The van der Waals surface area contributed by atoms with Crippen molar-refractivity contribution < 1.29 is 24.5 Å². The van der Waals surface area contributed by atoms with E-state index in [0.717, 1.165) is 38.5 Å². The van der Waals surface area contributed by atoms with Gasteiger partial charge in [0.05, 0.1) is 25.4 Å². The van der Waals surface area contributed by atoms with Crippen LogP contribution in [0.4, 0.5) is 0 Å². The molecule has 3 N–H and O–H groups in total. The third-order valence-electron chi connectivity index (χ3n) is 19.3. The number of allylic oxidation sites excluding steroid dienone is 1. The summed E-state index contributed by atoms with van der Waals surface area (Å²) in [6.07, 6.45) is 97.8. The number of nitrogens with one attached hydrogen (secondary N) is 1. The van der Waals surface area contributed by atoms with Crippen LogP contribution in [0.3, 0.4) is 0 Å². The molecule has 1 amide bonds. The molecule has 0 aromatic rings. The summed E-state index contributed by atoms with van der Waals surface area (Å²) >= 11 is 0. The van der Waals surface area contributed by atoms with Crippen LogP contribution in [0.5, 0.6) is 0 Å². The van der Waals surface area contributed by atoms with Crippen LogP contribution in [-0.4, -0.2) is 47.4 Å². The van der Waals surface area contributed by atoms with Crippen LogP contribution in [-0.2, 0) is 14.3 Å². The van der Waals surface area contributed by atoms with Gasteiger partial charge in [-0.05, 0) is 32.1 Å². The Morgan fingerprint density at radius 1 is 0.310 bits per heavy atom. The number of hydrogen-bond donors (Lipinski definition) is 3. The maximum absolute atomic E-state index is 12.5. The minimum absolute atomic E-state index is 0.0278. The average Bonchev–Trinajstić information content (AvgIpc) is 3.54. The number of carbonyl (C=O) groups is 2. The van der Waals surface area contributed by atoms with E-state index >= 15 is 0 Å². The van der Waals surface area contributed by atoms with E-state index < -0.39 is 12.1 Å². The Hall–Kier alpha value is -1.40. The molecule has 0 rings (SSSR count). The van der Waals surface area contributed by atoms with E-state index in [1.165, 1.54) is 405 Å². The molecule has 0 radical (unpaired) electrons. The molecule has 0 aromatic heterocycles. The van der Waals surface area contributed by atoms with Crippen molar-refractivity contribution in [2.75, 3.05) is 13.2 Å². The molecule has 6 heteroatoms. The molecule has 0 aromatic carbocycles. The number of esters is 1. The fourth-order valence-electron chi connectivity index (χ4n) is 13.2. The molecule has 0 saturated heterocycles. The van der Waals surface area contributed by atoms with Gasteiger partial charge >= 0.3 is 5.97 Å². The molecule has 0 aliphatic heterocycles. The van der Waals surface area contributed by atoms with Crippen molar-refractivity contribution in [2.45, 2.75) is 482 Å². The highest BCUT2D eigenvalue weighted by Crippen LogP contribution is 2.20. The topological polar surface area (TPSA) is 95.9 Å². The first-order valence-corrected chi connectivity index (χ1v) is 40.5. The highest BCUT2D eigenvalue weighted by atomic mass is 16.5. The van der Waals surface area contributed by atoms with Crippen LogP contribution in [0.2, 0.25) is 0 Å². The number of carbonyl (C=O) groups excluding carboxylic acids is 2. The van der Waals surface area contributed by atoms with E-state index in [2.05, 4.69) is 19.2 Å². The third kappa shape index (κ3) is 73.5. The summed E-state index contributed by atoms with van der Waals surface area (Å²) in [5.74, 6) is -0.0301. The number of aliphatic hydroxyl groups excluding tert-OH is 2. The van der Waals surface area contributed by atoms with Crippen LogP contribution in [0.1, 0.15) is 470 Å². The molecule has 6 nitrogen and oxygen atoms in total. The van der Waals surface area contributed by atoms with Gasteiger partial charge in [0.2, 0.25) is 5.91 Å². The standard InChI is InChI=1S/C81H159NO5/c1-3-5-7-9-11-13-15-17-19-42-45-49-53-57-61-65-69-73-79(84)78(77-83)82-80(85)74-70-66-62-58-54-50-46-43-40-38-36-34-32-30-28-26-24-22-21-23-25-27-29-31-33-35-37-39-41-44-48-52-56-60-64-68-72-76-87-81(86)75-71-67-63-59-55-51-47-20-18-16-14-12-10-8-6-4-2/h69,73,78-79,83-84H,3-68,70-72,74-77H2,1-2H3,(H,82,85)/b73-69+. The van der Waals surface area contributed by atoms with Crippen LogP contribution in [0.25, 0.3) is 0 Å². The molecular weight excluding hydrogens is 1070 g/mol. The van der Waals surface area contributed by atoms with Crippen molar-refractivity contribution in [3.63, 3.8) is 0 Å². The second-order valence-electron chi connectivity index (χ2n) is 28.1. The van der Waals surface area contributed by atoms with Gasteiger partial charge < -0.3 is 20.3 Å². The largest absolute Gasteiger partial charge is 0.466 e. The lowest BCUT2D eigenvalue weighted by molar-refractivity contribution is -0.143. The number of amides is 1. The van der Waals surface area contributed by atoms with Crippen LogP contribution in [0.15, 0.2) is 12.2 Å². The fraction of sp³-hybridized carbons (Fsp3) is 0.951. The highest BCUT2D eigenvalue weighted by molar-refractivity contribution is 5.76. The minimum atomic E-state index is -0.840. The van der Waals surface area contributed by atoms with Crippen molar-refractivity contribution in [3.8, 4) is 0 Å². The molecule has 87 heavy (non-hydrogen) atoms. The maximum atomic E-state index is 12.5. The van der Waals surface area contributed by atoms with Gasteiger partial charge in [-0.25, -0.2) is 0 Å². The Morgan fingerprint density at radius 3 is 0.782 bits per heavy atom. The van der Waals surface area contributed by atoms with E-state index in [-0.39, 0.29) is 18.5 Å². The van der Waals surface area contributed by atoms with Gasteiger partial charge in [0.1, 0.15) is 0 Å². The summed E-state index contributed by atoms with van der Waals surface area (Å²) in [5.41, 5.74) is 0. The van der Waals surface area contributed by atoms with Crippen molar-refractivity contribution in [3.05, 3.63) is 12.2 Å². The zero-order chi connectivity index (χ0) is 62.8. The summed E-state index contributed by atoms with van der Waals surface area (Å²) in [6, 6.07) is -0.623. The van der Waals surface area contributed by atoms with Gasteiger partial charge in [-0.3, -0.25) is 9.59 Å². The van der Waals surface area contributed by atoms with Gasteiger partial charge in [0.25, 0.3) is 0 Å². The Balaban J connectivity index is 3.30. The minimum Gasteiger partial charge on any atom is -0.466 e. The lowest BCUT2D eigenvalue weighted by Gasteiger charge is -2.20. The summed E-state index contributed by atoms with van der Waals surface area (Å²) in [4.78, 5) is 24.6. The molecule has 2 unspecified atom stereocenters. The number of aliphatic hydroxyl groups is 2. The predicted molar refractivity (Wildman–Crippen MR) is 384 cm³/mol. The van der Waals surface area contributed by atoms with Gasteiger partial charge in [0, 0.05) is 12.8 Å². The molecule has 0 heterocycles. The first-order chi connectivity index (χ1) is 43.0. The average molecular weight is 1230 g/mol. The Bertz CT molecular complexity index is 1320. The normalized spacial score (nSPS) is 12.5. The van der Waals surface area contributed by atoms with E-state index in [1.807, 2.05) is 6.08 Å². The van der Waals surface area contributed by atoms with Crippen LogP contribution >= 0.6 is 0 Å². The molecule has 2 atom stereocenters. The number of hydrogen-bond acceptors (Lipinski definition) is 5. The van der Waals surface area contributed by atoms with Gasteiger partial charge in [0.15, 0.2) is 0 Å². The smallest absolute Gasteiger partial charge is 0.305 e. The SMILES string of the molecule is CCCCCCCCCCCCCCCCC/C=C/C(O)C(CO)NC(=O)CCCCCCCCCCCCCCCCCCCCCCCCCCCCCCCCCCCCCCCOC(=O)CCCCCCCCCCCCCCCCCC. The predicted octanol–water partition coefficient (Wildman–Crippen LogP) is 26.7. The third-order valence-corrected chi connectivity index (χ3v) is 19.3. The monoisotopic (exact) mass is 1230 g/mol. The van der Waals surface area contributed by atoms with Crippen LogP contribution in [0, 0.1) is 0 Å². The van der Waals surface area contributed by atoms with E-state index in [4.69, 9.17) is 4.74 Å². The molecule has 0 spiro atoms. The molecular formula is C81H159NO5. The summed E-state index contributed by atoms with van der Waals surface area (Å²) < 4.78 is 5.51. The lowest BCUT2D eigenvalue weighted by Crippen LogP contribution is -2.45. The quantitative estimate of drug-likeness (QED) is 0.0320. The van der Waals surface area contributed by atoms with Crippen molar-refractivity contribution >= 4 is 11.9 Å². The summed E-state index contributed by atoms with van der Waals surface area (Å²) in [5, 5.41) is 23.2. The molecule has 518 valence electrons. The fourth-order valence-corrected chi connectivity index (χ4v) is 13.2. The second kappa shape index (κ2) is 77.1. The Labute approximate surface area is 546 Å².